The molecule has 0 aliphatic carbocycles. The molecule has 1 aliphatic rings. The highest BCUT2D eigenvalue weighted by atomic mass is 19.1. The van der Waals surface area contributed by atoms with Gasteiger partial charge in [0, 0.05) is 50.4 Å². The Hall–Kier alpha value is -3.78. The highest BCUT2D eigenvalue weighted by molar-refractivity contribution is 6.12. The summed E-state index contributed by atoms with van der Waals surface area (Å²) in [6, 6.07) is 14.4. The molecule has 3 N–H and O–H groups in total. The number of likely N-dealkylation sites (N-methyl/N-ethyl adjacent to an activating group) is 2. The van der Waals surface area contributed by atoms with Crippen molar-refractivity contribution in [2.75, 3.05) is 40.5 Å². The Morgan fingerprint density at radius 3 is 2.16 bits per heavy atom. The van der Waals surface area contributed by atoms with Crippen LogP contribution in [0.3, 0.4) is 0 Å². The second-order valence-electron chi connectivity index (χ2n) is 8.86. The molecule has 196 valence electrons. The summed E-state index contributed by atoms with van der Waals surface area (Å²) in [4.78, 5) is 40.6. The highest BCUT2D eigenvalue weighted by Crippen LogP contribution is 2.19. The fourth-order valence-electron chi connectivity index (χ4n) is 3.92. The molecule has 1 unspecified atom stereocenters. The van der Waals surface area contributed by atoms with E-state index in [0.717, 1.165) is 35.7 Å². The molecule has 3 amide bonds. The van der Waals surface area contributed by atoms with Crippen LogP contribution in [0, 0.1) is 11.8 Å². The Morgan fingerprint density at radius 2 is 1.65 bits per heavy atom. The Kier molecular flexibility index (Phi) is 9.36. The predicted octanol–water partition coefficient (Wildman–Crippen LogP) is 1.34. The Bertz CT molecular complexity index is 1150. The quantitative estimate of drug-likeness (QED) is 0.203. The van der Waals surface area contributed by atoms with Crippen molar-refractivity contribution in [2.24, 2.45) is 0 Å². The number of hydrogen-bond donors (Lipinski definition) is 3. The van der Waals surface area contributed by atoms with Gasteiger partial charge in [-0.3, -0.25) is 24.5 Å². The minimum absolute atomic E-state index is 0.114. The zero-order valence-corrected chi connectivity index (χ0v) is 21.1. The number of amides is 3. The van der Waals surface area contributed by atoms with Crippen LogP contribution in [-0.4, -0.2) is 84.8 Å². The molecule has 0 spiro atoms. The van der Waals surface area contributed by atoms with Crippen molar-refractivity contribution in [3.05, 3.63) is 70.8 Å². The lowest BCUT2D eigenvalue weighted by molar-refractivity contribution is -0.148. The van der Waals surface area contributed by atoms with Crippen LogP contribution < -0.4 is 10.8 Å². The summed E-state index contributed by atoms with van der Waals surface area (Å²) in [6.07, 6.45) is 0.114. The number of benzene rings is 2. The van der Waals surface area contributed by atoms with E-state index in [1.54, 1.807) is 24.3 Å². The molecule has 1 heterocycles. The van der Waals surface area contributed by atoms with Crippen LogP contribution in [0.15, 0.2) is 48.5 Å². The summed E-state index contributed by atoms with van der Waals surface area (Å²) >= 11 is 0. The summed E-state index contributed by atoms with van der Waals surface area (Å²) < 4.78 is 17.5. The topological polar surface area (TPSA) is 111 Å². The van der Waals surface area contributed by atoms with Gasteiger partial charge in [0.25, 0.3) is 17.7 Å². The van der Waals surface area contributed by atoms with E-state index in [0.29, 0.717) is 5.56 Å². The van der Waals surface area contributed by atoms with Gasteiger partial charge < -0.3 is 15.0 Å². The first-order valence-electron chi connectivity index (χ1n) is 11.8. The van der Waals surface area contributed by atoms with Gasteiger partial charge in [0.05, 0.1) is 12.7 Å². The maximum Gasteiger partial charge on any atom is 0.278 e. The van der Waals surface area contributed by atoms with Crippen LogP contribution >= 0.6 is 0 Å². The summed E-state index contributed by atoms with van der Waals surface area (Å²) in [6.45, 7) is 3.34. The van der Waals surface area contributed by atoms with E-state index in [2.05, 4.69) is 22.1 Å². The maximum absolute atomic E-state index is 12.9. The molecule has 2 aromatic rings. The van der Waals surface area contributed by atoms with Gasteiger partial charge in [0.1, 0.15) is 6.67 Å². The smallest absolute Gasteiger partial charge is 0.278 e. The molecule has 10 heteroatoms. The van der Waals surface area contributed by atoms with Crippen molar-refractivity contribution in [1.29, 1.82) is 0 Å². The third kappa shape index (κ3) is 6.51. The lowest BCUT2D eigenvalue weighted by Crippen LogP contribution is -2.64. The Balaban J connectivity index is 1.60. The summed E-state index contributed by atoms with van der Waals surface area (Å²) in [5.41, 5.74) is 2.42. The van der Waals surface area contributed by atoms with E-state index < -0.39 is 29.9 Å². The van der Waals surface area contributed by atoms with Crippen molar-refractivity contribution >= 4 is 17.7 Å². The Labute approximate surface area is 215 Å². The fraction of sp³-hybridized carbons (Fsp3) is 0.370. The monoisotopic (exact) mass is 510 g/mol. The minimum Gasteiger partial charge on any atom is -0.373 e. The van der Waals surface area contributed by atoms with Crippen LogP contribution in [0.2, 0.25) is 0 Å². The average Bonchev–Trinajstić information content (AvgIpc) is 2.91. The zero-order chi connectivity index (χ0) is 27.0. The van der Waals surface area contributed by atoms with Gasteiger partial charge in [0.15, 0.2) is 5.54 Å². The van der Waals surface area contributed by atoms with Gasteiger partial charge in [-0.15, -0.1) is 0 Å². The Morgan fingerprint density at radius 1 is 1.08 bits per heavy atom. The molecule has 0 bridgehead atoms. The molecule has 0 saturated carbocycles. The van der Waals surface area contributed by atoms with Gasteiger partial charge in [-0.1, -0.05) is 24.0 Å². The van der Waals surface area contributed by atoms with Crippen molar-refractivity contribution < 1.29 is 28.7 Å². The number of rotatable bonds is 9. The number of likely N-dealkylation sites (tertiary alicyclic amines) is 1. The summed E-state index contributed by atoms with van der Waals surface area (Å²) in [5.74, 6) is 3.79. The SMILES string of the molecule is CNC(=O)C(C)(C(=O)NO)N(C)C(=O)c1ccc(C#Cc2ccc(CN3CC(OCCF)C3)cc2)cc1. The highest BCUT2D eigenvalue weighted by Gasteiger charge is 2.47. The predicted molar refractivity (Wildman–Crippen MR) is 134 cm³/mol. The van der Waals surface area contributed by atoms with Crippen molar-refractivity contribution in [3.8, 4) is 11.8 Å². The van der Waals surface area contributed by atoms with E-state index in [1.165, 1.54) is 26.5 Å². The molecule has 2 aromatic carbocycles. The number of carbonyl (C=O) groups excluding carboxylic acids is 3. The van der Waals surface area contributed by atoms with Gasteiger partial charge in [0.2, 0.25) is 0 Å². The number of halogens is 1. The van der Waals surface area contributed by atoms with Crippen LogP contribution in [0.5, 0.6) is 0 Å². The van der Waals surface area contributed by atoms with E-state index in [4.69, 9.17) is 9.94 Å². The number of alkyl halides is 1. The first-order chi connectivity index (χ1) is 17.7. The van der Waals surface area contributed by atoms with E-state index in [1.807, 2.05) is 24.3 Å². The first-order valence-corrected chi connectivity index (χ1v) is 11.8. The molecule has 0 radical (unpaired) electrons. The summed E-state index contributed by atoms with van der Waals surface area (Å²) in [5, 5.41) is 11.4. The largest absolute Gasteiger partial charge is 0.373 e. The lowest BCUT2D eigenvalue weighted by atomic mass is 9.96. The minimum atomic E-state index is -1.95. The van der Waals surface area contributed by atoms with Crippen molar-refractivity contribution in [2.45, 2.75) is 25.1 Å². The second kappa shape index (κ2) is 12.5. The number of ether oxygens (including phenoxy) is 1. The van der Waals surface area contributed by atoms with Crippen LogP contribution in [-0.2, 0) is 20.9 Å². The van der Waals surface area contributed by atoms with E-state index in [-0.39, 0.29) is 18.3 Å². The molecule has 9 nitrogen and oxygen atoms in total. The third-order valence-corrected chi connectivity index (χ3v) is 6.39. The van der Waals surface area contributed by atoms with Crippen molar-refractivity contribution in [1.82, 2.24) is 20.6 Å². The molecular weight excluding hydrogens is 479 g/mol. The molecule has 0 aromatic heterocycles. The van der Waals surface area contributed by atoms with Crippen LogP contribution in [0.4, 0.5) is 4.39 Å². The molecule has 1 aliphatic heterocycles. The molecule has 37 heavy (non-hydrogen) atoms. The third-order valence-electron chi connectivity index (χ3n) is 6.39. The average molecular weight is 511 g/mol. The molecule has 1 saturated heterocycles. The van der Waals surface area contributed by atoms with Gasteiger partial charge in [-0.2, -0.15) is 0 Å². The molecule has 3 rings (SSSR count). The number of hydroxylamine groups is 1. The molecular formula is C27H31FN4O5. The lowest BCUT2D eigenvalue weighted by Gasteiger charge is -2.38. The molecule has 1 atom stereocenters. The maximum atomic E-state index is 12.9. The number of hydrogen-bond acceptors (Lipinski definition) is 6. The van der Waals surface area contributed by atoms with Crippen LogP contribution in [0.25, 0.3) is 0 Å². The van der Waals surface area contributed by atoms with Gasteiger partial charge in [-0.25, -0.2) is 9.87 Å². The summed E-state index contributed by atoms with van der Waals surface area (Å²) in [7, 11) is 2.64. The number of nitrogens with one attached hydrogen (secondary N) is 2. The van der Waals surface area contributed by atoms with Gasteiger partial charge in [-0.05, 0) is 48.9 Å². The van der Waals surface area contributed by atoms with Crippen molar-refractivity contribution in [3.63, 3.8) is 0 Å². The van der Waals surface area contributed by atoms with Crippen LogP contribution in [0.1, 0.15) is 34.0 Å². The molecule has 1 fully saturated rings. The number of nitrogens with zero attached hydrogens (tertiary/aromatic N) is 2. The first kappa shape index (κ1) is 27.8. The fourth-order valence-corrected chi connectivity index (χ4v) is 3.92. The normalized spacial score (nSPS) is 14.9. The van der Waals surface area contributed by atoms with E-state index in [9.17, 15) is 18.8 Å². The van der Waals surface area contributed by atoms with Gasteiger partial charge >= 0.3 is 0 Å². The number of carbonyl (C=O) groups is 3. The van der Waals surface area contributed by atoms with E-state index >= 15 is 0 Å². The standard InChI is InChI=1S/C27H31FN4O5/c1-27(25(34)29-2,26(35)30-36)31(3)24(33)22-12-10-20(11-13-22)5-4-19-6-8-21(9-7-19)16-32-17-23(18-32)37-15-14-28/h6-13,23,36H,14-18H2,1-3H3,(H,29,34)(H,30,35). The second-order valence-corrected chi connectivity index (χ2v) is 8.86. The zero-order valence-electron chi connectivity index (χ0n) is 21.1.